The highest BCUT2D eigenvalue weighted by molar-refractivity contribution is 5.84. The van der Waals surface area contributed by atoms with Crippen LogP contribution in [0.15, 0.2) is 5.10 Å². The van der Waals surface area contributed by atoms with Crippen molar-refractivity contribution >= 4 is 11.6 Å². The number of hydrazone groups is 1. The Kier molecular flexibility index (Phi) is 12.6. The fraction of sp³-hybridized carbons (Fsp3) is 0.882. The molecule has 0 fully saturated rings. The van der Waals surface area contributed by atoms with E-state index in [1.807, 2.05) is 6.92 Å². The maximum Gasteiger partial charge on any atom is 0.240 e. The van der Waals surface area contributed by atoms with Crippen LogP contribution in [0.25, 0.3) is 0 Å². The lowest BCUT2D eigenvalue weighted by Gasteiger charge is -2.05. The summed E-state index contributed by atoms with van der Waals surface area (Å²) >= 11 is 0. The summed E-state index contributed by atoms with van der Waals surface area (Å²) in [6, 6.07) is 0. The molecular weight excluding hydrogens is 248 g/mol. The molecule has 118 valence electrons. The van der Waals surface area contributed by atoms with Crippen molar-refractivity contribution in [3.63, 3.8) is 0 Å². The van der Waals surface area contributed by atoms with E-state index in [-0.39, 0.29) is 5.91 Å². The van der Waals surface area contributed by atoms with Gasteiger partial charge in [-0.15, -0.1) is 0 Å². The van der Waals surface area contributed by atoms with E-state index in [1.165, 1.54) is 38.5 Å². The SMILES string of the molecule is CCCCCCCCCCC(=O)N/N=C(\C)CC(C)C. The quantitative estimate of drug-likeness (QED) is 0.303. The molecule has 0 spiro atoms. The van der Waals surface area contributed by atoms with Gasteiger partial charge in [0.05, 0.1) is 0 Å². The molecule has 0 aliphatic heterocycles. The van der Waals surface area contributed by atoms with Crippen molar-refractivity contribution in [3.8, 4) is 0 Å². The third kappa shape index (κ3) is 13.6. The van der Waals surface area contributed by atoms with E-state index >= 15 is 0 Å². The Bertz CT molecular complexity index is 272. The number of carbonyl (C=O) groups is 1. The van der Waals surface area contributed by atoms with Gasteiger partial charge in [-0.05, 0) is 25.7 Å². The van der Waals surface area contributed by atoms with Crippen molar-refractivity contribution in [1.82, 2.24) is 5.43 Å². The molecule has 0 saturated carbocycles. The highest BCUT2D eigenvalue weighted by atomic mass is 16.2. The largest absolute Gasteiger partial charge is 0.273 e. The van der Waals surface area contributed by atoms with Crippen LogP contribution in [-0.4, -0.2) is 11.6 Å². The van der Waals surface area contributed by atoms with Gasteiger partial charge in [0, 0.05) is 12.1 Å². The van der Waals surface area contributed by atoms with Crippen LogP contribution in [0, 0.1) is 5.92 Å². The molecule has 0 radical (unpaired) electrons. The van der Waals surface area contributed by atoms with Gasteiger partial charge in [0.15, 0.2) is 0 Å². The number of carbonyl (C=O) groups excluding carboxylic acids is 1. The molecule has 0 rings (SSSR count). The summed E-state index contributed by atoms with van der Waals surface area (Å²) in [6.07, 6.45) is 11.6. The van der Waals surface area contributed by atoms with Gasteiger partial charge in [0.1, 0.15) is 0 Å². The first-order valence-electron chi connectivity index (χ1n) is 8.38. The monoisotopic (exact) mass is 282 g/mol. The Morgan fingerprint density at radius 2 is 1.55 bits per heavy atom. The van der Waals surface area contributed by atoms with Gasteiger partial charge in [-0.25, -0.2) is 5.43 Å². The van der Waals surface area contributed by atoms with Crippen LogP contribution in [0.5, 0.6) is 0 Å². The minimum atomic E-state index is 0.0547. The van der Waals surface area contributed by atoms with E-state index in [4.69, 9.17) is 0 Å². The predicted molar refractivity (Wildman–Crippen MR) is 87.9 cm³/mol. The molecule has 0 unspecified atom stereocenters. The zero-order chi connectivity index (χ0) is 15.2. The first kappa shape index (κ1) is 19.1. The lowest BCUT2D eigenvalue weighted by Crippen LogP contribution is -2.18. The molecule has 3 heteroatoms. The molecule has 0 atom stereocenters. The van der Waals surface area contributed by atoms with Crippen molar-refractivity contribution in [3.05, 3.63) is 0 Å². The van der Waals surface area contributed by atoms with Crippen LogP contribution in [0.2, 0.25) is 0 Å². The van der Waals surface area contributed by atoms with Gasteiger partial charge in [0.25, 0.3) is 0 Å². The summed E-state index contributed by atoms with van der Waals surface area (Å²) < 4.78 is 0. The Morgan fingerprint density at radius 1 is 1.00 bits per heavy atom. The Morgan fingerprint density at radius 3 is 2.10 bits per heavy atom. The lowest BCUT2D eigenvalue weighted by molar-refractivity contribution is -0.121. The lowest BCUT2D eigenvalue weighted by atomic mass is 10.1. The highest BCUT2D eigenvalue weighted by Gasteiger charge is 2.01. The number of hydrogen-bond donors (Lipinski definition) is 1. The van der Waals surface area contributed by atoms with E-state index in [9.17, 15) is 4.79 Å². The van der Waals surface area contributed by atoms with Crippen molar-refractivity contribution in [2.24, 2.45) is 11.0 Å². The number of rotatable bonds is 12. The molecule has 0 aliphatic rings. The highest BCUT2D eigenvalue weighted by Crippen LogP contribution is 2.09. The number of hydrogen-bond acceptors (Lipinski definition) is 2. The summed E-state index contributed by atoms with van der Waals surface area (Å²) in [4.78, 5) is 11.6. The second kappa shape index (κ2) is 13.1. The third-order valence-corrected chi connectivity index (χ3v) is 3.33. The molecule has 1 N–H and O–H groups in total. The van der Waals surface area contributed by atoms with Crippen LogP contribution < -0.4 is 5.43 Å². The molecule has 0 heterocycles. The fourth-order valence-electron chi connectivity index (χ4n) is 2.27. The average Bonchev–Trinajstić information content (AvgIpc) is 2.38. The second-order valence-corrected chi connectivity index (χ2v) is 6.20. The van der Waals surface area contributed by atoms with Crippen LogP contribution in [0.1, 0.15) is 91.9 Å². The van der Waals surface area contributed by atoms with Gasteiger partial charge in [0.2, 0.25) is 5.91 Å². The van der Waals surface area contributed by atoms with Gasteiger partial charge in [-0.3, -0.25) is 4.79 Å². The van der Waals surface area contributed by atoms with E-state index in [0.717, 1.165) is 25.0 Å². The summed E-state index contributed by atoms with van der Waals surface area (Å²) in [5, 5.41) is 4.13. The number of amides is 1. The summed E-state index contributed by atoms with van der Waals surface area (Å²) in [6.45, 7) is 8.52. The Hall–Kier alpha value is -0.860. The maximum absolute atomic E-state index is 11.6. The first-order chi connectivity index (χ1) is 9.56. The Balaban J connectivity index is 3.45. The van der Waals surface area contributed by atoms with Gasteiger partial charge < -0.3 is 0 Å². The van der Waals surface area contributed by atoms with Crippen molar-refractivity contribution in [1.29, 1.82) is 0 Å². The standard InChI is InChI=1S/C17H34N2O/c1-5-6-7-8-9-10-11-12-13-17(20)19-18-16(4)14-15(2)3/h15H,5-14H2,1-4H3,(H,19,20)/b18-16+. The molecule has 0 saturated heterocycles. The zero-order valence-electron chi connectivity index (χ0n) is 14.0. The number of unbranched alkanes of at least 4 members (excludes halogenated alkanes) is 7. The van der Waals surface area contributed by atoms with Gasteiger partial charge in [-0.1, -0.05) is 65.7 Å². The summed E-state index contributed by atoms with van der Waals surface area (Å²) in [5.41, 5.74) is 3.66. The van der Waals surface area contributed by atoms with E-state index in [0.29, 0.717) is 12.3 Å². The molecular formula is C17H34N2O. The second-order valence-electron chi connectivity index (χ2n) is 6.20. The molecule has 0 aromatic carbocycles. The van der Waals surface area contributed by atoms with E-state index in [2.05, 4.69) is 31.3 Å². The van der Waals surface area contributed by atoms with Gasteiger partial charge in [-0.2, -0.15) is 5.10 Å². The molecule has 3 nitrogen and oxygen atoms in total. The topological polar surface area (TPSA) is 41.5 Å². The van der Waals surface area contributed by atoms with Crippen LogP contribution in [0.4, 0.5) is 0 Å². The third-order valence-electron chi connectivity index (χ3n) is 3.33. The van der Waals surface area contributed by atoms with Crippen LogP contribution in [0.3, 0.4) is 0 Å². The van der Waals surface area contributed by atoms with Gasteiger partial charge >= 0.3 is 0 Å². The minimum Gasteiger partial charge on any atom is -0.273 e. The van der Waals surface area contributed by atoms with E-state index < -0.39 is 0 Å². The summed E-state index contributed by atoms with van der Waals surface area (Å²) in [5.74, 6) is 0.641. The summed E-state index contributed by atoms with van der Waals surface area (Å²) in [7, 11) is 0. The van der Waals surface area contributed by atoms with Crippen molar-refractivity contribution in [2.75, 3.05) is 0 Å². The molecule has 0 aromatic rings. The van der Waals surface area contributed by atoms with E-state index in [1.54, 1.807) is 0 Å². The molecule has 1 amide bonds. The zero-order valence-corrected chi connectivity index (χ0v) is 14.0. The molecule has 20 heavy (non-hydrogen) atoms. The van der Waals surface area contributed by atoms with Crippen LogP contribution in [-0.2, 0) is 4.79 Å². The smallest absolute Gasteiger partial charge is 0.240 e. The number of nitrogens with zero attached hydrogens (tertiary/aromatic N) is 1. The molecule has 0 aromatic heterocycles. The molecule has 0 aliphatic carbocycles. The maximum atomic E-state index is 11.6. The van der Waals surface area contributed by atoms with Crippen LogP contribution >= 0.6 is 0 Å². The van der Waals surface area contributed by atoms with Crippen molar-refractivity contribution < 1.29 is 4.79 Å². The van der Waals surface area contributed by atoms with Crippen molar-refractivity contribution in [2.45, 2.75) is 91.9 Å². The first-order valence-corrected chi connectivity index (χ1v) is 8.38. The minimum absolute atomic E-state index is 0.0547. The average molecular weight is 282 g/mol. The fourth-order valence-corrected chi connectivity index (χ4v) is 2.27. The Labute approximate surface area is 125 Å². The number of nitrogens with one attached hydrogen (secondary N) is 1. The molecule has 0 bridgehead atoms. The predicted octanol–water partition coefficient (Wildman–Crippen LogP) is 5.06. The normalized spacial score (nSPS) is 11.9.